The number of benzene rings is 1. The normalized spacial score (nSPS) is 12.5. The summed E-state index contributed by atoms with van der Waals surface area (Å²) in [5.41, 5.74) is -0.120. The molecule has 0 unspecified atom stereocenters. The van der Waals surface area contributed by atoms with Crippen molar-refractivity contribution < 1.29 is 21.6 Å². The number of rotatable bonds is 5. The van der Waals surface area contributed by atoms with E-state index >= 15 is 0 Å². The summed E-state index contributed by atoms with van der Waals surface area (Å²) in [6, 6.07) is 7.49. The van der Waals surface area contributed by atoms with E-state index in [0.29, 0.717) is 9.90 Å². The average molecular weight is 370 g/mol. The van der Waals surface area contributed by atoms with Gasteiger partial charge in [0, 0.05) is 6.54 Å². The number of hydrogen-bond acceptors (Lipinski definition) is 3. The standard InChI is InChI=1S/C13H11ClF3NO2S2/c14-11-5-6-12(21-11)22(19,20)18-8-7-9-1-3-10(4-2-9)13(15,16)17/h1-6,18H,7-8H2. The predicted octanol–water partition coefficient (Wildman–Crippen LogP) is 3.94. The molecule has 1 aromatic carbocycles. The molecule has 0 radical (unpaired) electrons. The molecule has 0 bridgehead atoms. The summed E-state index contributed by atoms with van der Waals surface area (Å²) in [6.07, 6.45) is -4.09. The van der Waals surface area contributed by atoms with E-state index in [0.717, 1.165) is 23.5 Å². The van der Waals surface area contributed by atoms with Crippen molar-refractivity contribution in [1.29, 1.82) is 0 Å². The molecule has 2 aromatic rings. The Morgan fingerprint density at radius 1 is 1.09 bits per heavy atom. The lowest BCUT2D eigenvalue weighted by Crippen LogP contribution is -2.25. The molecule has 0 fully saturated rings. The zero-order valence-corrected chi connectivity index (χ0v) is 13.4. The molecule has 1 N–H and O–H groups in total. The minimum Gasteiger partial charge on any atom is -0.210 e. The van der Waals surface area contributed by atoms with Crippen LogP contribution in [0.5, 0.6) is 0 Å². The highest BCUT2D eigenvalue weighted by Crippen LogP contribution is 2.29. The summed E-state index contributed by atoms with van der Waals surface area (Å²) < 4.78 is 63.9. The second-order valence-corrected chi connectivity index (χ2v) is 8.11. The van der Waals surface area contributed by atoms with Gasteiger partial charge in [-0.2, -0.15) is 13.2 Å². The van der Waals surface area contributed by atoms with Crippen LogP contribution in [0.4, 0.5) is 13.2 Å². The smallest absolute Gasteiger partial charge is 0.210 e. The largest absolute Gasteiger partial charge is 0.416 e. The van der Waals surface area contributed by atoms with E-state index in [9.17, 15) is 21.6 Å². The van der Waals surface area contributed by atoms with E-state index in [1.165, 1.54) is 24.3 Å². The van der Waals surface area contributed by atoms with Gasteiger partial charge >= 0.3 is 6.18 Å². The fourth-order valence-electron chi connectivity index (χ4n) is 1.70. The van der Waals surface area contributed by atoms with Gasteiger partial charge in [-0.15, -0.1) is 11.3 Å². The molecule has 0 atom stereocenters. The highest BCUT2D eigenvalue weighted by Gasteiger charge is 2.29. The van der Waals surface area contributed by atoms with Gasteiger partial charge in [0.15, 0.2) is 0 Å². The van der Waals surface area contributed by atoms with Crippen LogP contribution in [0, 0.1) is 0 Å². The Balaban J connectivity index is 1.94. The maximum absolute atomic E-state index is 12.4. The first-order valence-corrected chi connectivity index (χ1v) is 8.77. The molecule has 0 aliphatic heterocycles. The molecular weight excluding hydrogens is 359 g/mol. The van der Waals surface area contributed by atoms with Gasteiger partial charge in [-0.3, -0.25) is 0 Å². The van der Waals surface area contributed by atoms with Gasteiger partial charge in [-0.1, -0.05) is 23.7 Å². The fourth-order valence-corrected chi connectivity index (χ4v) is 4.26. The van der Waals surface area contributed by atoms with Crippen molar-refractivity contribution >= 4 is 33.0 Å². The van der Waals surface area contributed by atoms with Crippen molar-refractivity contribution in [2.45, 2.75) is 16.8 Å². The molecule has 0 amide bonds. The molecule has 22 heavy (non-hydrogen) atoms. The van der Waals surface area contributed by atoms with Crippen LogP contribution in [0.15, 0.2) is 40.6 Å². The van der Waals surface area contributed by atoms with E-state index < -0.39 is 21.8 Å². The molecule has 0 aliphatic rings. The summed E-state index contributed by atoms with van der Waals surface area (Å²) in [5, 5.41) is 0. The topological polar surface area (TPSA) is 46.2 Å². The van der Waals surface area contributed by atoms with Gasteiger partial charge in [0.25, 0.3) is 0 Å². The lowest BCUT2D eigenvalue weighted by Gasteiger charge is -2.08. The van der Waals surface area contributed by atoms with Crippen molar-refractivity contribution in [3.8, 4) is 0 Å². The highest BCUT2D eigenvalue weighted by atomic mass is 35.5. The summed E-state index contributed by atoms with van der Waals surface area (Å²) in [5.74, 6) is 0. The summed E-state index contributed by atoms with van der Waals surface area (Å²) in [4.78, 5) is 0. The van der Waals surface area contributed by atoms with Gasteiger partial charge < -0.3 is 0 Å². The Bertz CT molecular complexity index is 739. The molecule has 0 aliphatic carbocycles. The number of sulfonamides is 1. The maximum atomic E-state index is 12.4. The number of alkyl halides is 3. The molecule has 1 aromatic heterocycles. The van der Waals surface area contributed by atoms with Gasteiger partial charge in [0.05, 0.1) is 9.90 Å². The quantitative estimate of drug-likeness (QED) is 0.867. The SMILES string of the molecule is O=S(=O)(NCCc1ccc(C(F)(F)F)cc1)c1ccc(Cl)s1. The number of thiophene rings is 1. The van der Waals surface area contributed by atoms with Crippen molar-refractivity contribution in [2.24, 2.45) is 0 Å². The summed E-state index contributed by atoms with van der Waals surface area (Å²) in [7, 11) is -3.64. The second-order valence-electron chi connectivity index (χ2n) is 4.40. The van der Waals surface area contributed by atoms with Crippen LogP contribution in [-0.2, 0) is 22.6 Å². The summed E-state index contributed by atoms with van der Waals surface area (Å²) in [6.45, 7) is 0.0865. The number of halogens is 4. The molecule has 120 valence electrons. The monoisotopic (exact) mass is 369 g/mol. The van der Waals surface area contributed by atoms with Crippen molar-refractivity contribution in [2.75, 3.05) is 6.54 Å². The molecule has 0 spiro atoms. The first-order valence-electron chi connectivity index (χ1n) is 6.09. The molecule has 1 heterocycles. The van der Waals surface area contributed by atoms with E-state index in [4.69, 9.17) is 11.6 Å². The van der Waals surface area contributed by atoms with Crippen LogP contribution in [0.25, 0.3) is 0 Å². The first kappa shape index (κ1) is 17.3. The predicted molar refractivity (Wildman–Crippen MR) is 79.7 cm³/mol. The Morgan fingerprint density at radius 3 is 2.23 bits per heavy atom. The molecule has 9 heteroatoms. The van der Waals surface area contributed by atoms with Crippen LogP contribution in [-0.4, -0.2) is 15.0 Å². The molecule has 0 saturated carbocycles. The van der Waals surface area contributed by atoms with Crippen LogP contribution in [0.1, 0.15) is 11.1 Å². The summed E-state index contributed by atoms with van der Waals surface area (Å²) >= 11 is 6.62. The van der Waals surface area contributed by atoms with Crippen molar-refractivity contribution in [1.82, 2.24) is 4.72 Å². The Labute approximate surface area is 134 Å². The van der Waals surface area contributed by atoms with Crippen molar-refractivity contribution in [3.63, 3.8) is 0 Å². The van der Waals surface area contributed by atoms with E-state index in [2.05, 4.69) is 4.72 Å². The van der Waals surface area contributed by atoms with Gasteiger partial charge in [-0.25, -0.2) is 13.1 Å². The highest BCUT2D eigenvalue weighted by molar-refractivity contribution is 7.91. The van der Waals surface area contributed by atoms with Crippen LogP contribution in [0.2, 0.25) is 4.34 Å². The van der Waals surface area contributed by atoms with E-state index in [1.807, 2.05) is 0 Å². The molecule has 0 saturated heterocycles. The minimum absolute atomic E-state index is 0.0865. The Hall–Kier alpha value is -1.09. The van der Waals surface area contributed by atoms with Gasteiger partial charge in [-0.05, 0) is 36.2 Å². The number of nitrogens with one attached hydrogen (secondary N) is 1. The van der Waals surface area contributed by atoms with Gasteiger partial charge in [0.2, 0.25) is 10.0 Å². The van der Waals surface area contributed by atoms with Gasteiger partial charge in [0.1, 0.15) is 4.21 Å². The molecule has 2 rings (SSSR count). The fraction of sp³-hybridized carbons (Fsp3) is 0.231. The molecular formula is C13H11ClF3NO2S2. The van der Waals surface area contributed by atoms with Crippen LogP contribution in [0.3, 0.4) is 0 Å². The van der Waals surface area contributed by atoms with Crippen LogP contribution >= 0.6 is 22.9 Å². The zero-order chi connectivity index (χ0) is 16.4. The van der Waals surface area contributed by atoms with E-state index in [-0.39, 0.29) is 17.2 Å². The average Bonchev–Trinajstić information content (AvgIpc) is 2.86. The maximum Gasteiger partial charge on any atom is 0.416 e. The first-order chi connectivity index (χ1) is 10.2. The minimum atomic E-state index is -4.38. The van der Waals surface area contributed by atoms with Crippen LogP contribution < -0.4 is 4.72 Å². The third kappa shape index (κ3) is 4.45. The Kier molecular flexibility index (Phi) is 5.16. The second kappa shape index (κ2) is 6.57. The van der Waals surface area contributed by atoms with E-state index in [1.54, 1.807) is 0 Å². The molecule has 3 nitrogen and oxygen atoms in total. The third-order valence-electron chi connectivity index (χ3n) is 2.80. The lowest BCUT2D eigenvalue weighted by molar-refractivity contribution is -0.137. The zero-order valence-electron chi connectivity index (χ0n) is 11.0. The third-order valence-corrected chi connectivity index (χ3v) is 5.98. The van der Waals surface area contributed by atoms with Crippen molar-refractivity contribution in [3.05, 3.63) is 51.9 Å². The Morgan fingerprint density at radius 2 is 1.73 bits per heavy atom. The lowest BCUT2D eigenvalue weighted by atomic mass is 10.1. The number of hydrogen-bond donors (Lipinski definition) is 1.